The summed E-state index contributed by atoms with van der Waals surface area (Å²) >= 11 is 0. The van der Waals surface area contributed by atoms with Gasteiger partial charge in [0.25, 0.3) is 0 Å². The summed E-state index contributed by atoms with van der Waals surface area (Å²) in [7, 11) is -12.4. The van der Waals surface area contributed by atoms with Crippen molar-refractivity contribution in [2.75, 3.05) is 0 Å². The molecule has 4 aromatic rings. The van der Waals surface area contributed by atoms with Gasteiger partial charge < -0.3 is 8.37 Å². The van der Waals surface area contributed by atoms with Crippen molar-refractivity contribution in [3.63, 3.8) is 0 Å². The topological polar surface area (TPSA) is 86.7 Å². The van der Waals surface area contributed by atoms with E-state index in [-0.39, 0.29) is 10.8 Å². The highest BCUT2D eigenvalue weighted by Gasteiger charge is 2.50. The van der Waals surface area contributed by atoms with E-state index in [1.54, 1.807) is 12.1 Å². The average molecular weight is 550 g/mol. The van der Waals surface area contributed by atoms with Gasteiger partial charge in [-0.25, -0.2) is 0 Å². The Morgan fingerprint density at radius 2 is 0.778 bits per heavy atom. The van der Waals surface area contributed by atoms with Crippen LogP contribution in [0.5, 0.6) is 11.5 Å². The second kappa shape index (κ2) is 8.55. The largest absolute Gasteiger partial charge is 0.534 e. The Kier molecular flexibility index (Phi) is 6.07. The molecule has 0 spiro atoms. The van der Waals surface area contributed by atoms with Crippen LogP contribution in [0.1, 0.15) is 0 Å². The van der Waals surface area contributed by atoms with Crippen molar-refractivity contribution in [1.82, 2.24) is 0 Å². The van der Waals surface area contributed by atoms with E-state index >= 15 is 0 Å². The van der Waals surface area contributed by atoms with Crippen LogP contribution in [0.15, 0.2) is 72.8 Å². The minimum atomic E-state index is -6.20. The molecule has 0 radical (unpaired) electrons. The van der Waals surface area contributed by atoms with Gasteiger partial charge in [-0.15, -0.1) is 0 Å². The fourth-order valence-electron chi connectivity index (χ4n) is 3.33. The summed E-state index contributed by atoms with van der Waals surface area (Å²) in [5, 5.41) is 1.14. The minimum absolute atomic E-state index is 0.236. The van der Waals surface area contributed by atoms with E-state index in [0.717, 1.165) is 24.3 Å². The Balaban J connectivity index is 2.05. The predicted molar refractivity (Wildman–Crippen MR) is 118 cm³/mol. The molecule has 0 saturated carbocycles. The van der Waals surface area contributed by atoms with Gasteiger partial charge in [0.05, 0.1) is 0 Å². The summed E-state index contributed by atoms with van der Waals surface area (Å²) < 4.78 is 134. The van der Waals surface area contributed by atoms with E-state index in [1.807, 2.05) is 0 Å². The first-order chi connectivity index (χ1) is 16.6. The molecule has 0 aromatic heterocycles. The van der Waals surface area contributed by atoms with Crippen molar-refractivity contribution in [3.8, 4) is 22.6 Å². The van der Waals surface area contributed by atoms with Crippen LogP contribution in [-0.2, 0) is 20.2 Å². The van der Waals surface area contributed by atoms with Crippen molar-refractivity contribution in [3.05, 3.63) is 72.8 Å². The van der Waals surface area contributed by atoms with Crippen LogP contribution >= 0.6 is 0 Å². The molecule has 0 aliphatic carbocycles. The highest BCUT2D eigenvalue weighted by Crippen LogP contribution is 2.44. The molecule has 0 bridgehead atoms. The van der Waals surface area contributed by atoms with E-state index < -0.39 is 53.9 Å². The number of benzene rings is 4. The Labute approximate surface area is 199 Å². The number of fused-ring (bicyclic) bond motifs is 2. The second-order valence-corrected chi connectivity index (χ2v) is 10.4. The lowest BCUT2D eigenvalue weighted by molar-refractivity contribution is -0.0505. The van der Waals surface area contributed by atoms with Crippen LogP contribution in [0, 0.1) is 0 Å². The zero-order chi connectivity index (χ0) is 26.5. The maximum atomic E-state index is 13.1. The molecule has 4 rings (SSSR count). The SMILES string of the molecule is O=S(=O)(Oc1cc2ccccc2cc1-c1cc2ccccc2cc1OS(=O)(=O)C(F)(F)F)C(F)(F)F. The van der Waals surface area contributed by atoms with Gasteiger partial charge in [-0.2, -0.15) is 43.2 Å². The minimum Gasteiger partial charge on any atom is -0.375 e. The molecule has 6 nitrogen and oxygen atoms in total. The van der Waals surface area contributed by atoms with Gasteiger partial charge in [0.15, 0.2) is 11.5 Å². The van der Waals surface area contributed by atoms with E-state index in [9.17, 15) is 43.2 Å². The summed E-state index contributed by atoms with van der Waals surface area (Å²) in [6, 6.07) is 16.1. The van der Waals surface area contributed by atoms with Crippen molar-refractivity contribution in [1.29, 1.82) is 0 Å². The third-order valence-corrected chi connectivity index (χ3v) is 6.88. The molecule has 0 N–H and O–H groups in total. The van der Waals surface area contributed by atoms with Crippen molar-refractivity contribution >= 4 is 41.8 Å². The molecule has 190 valence electrons. The molecule has 0 fully saturated rings. The summed E-state index contributed by atoms with van der Waals surface area (Å²) in [5.41, 5.74) is -12.6. The zero-order valence-corrected chi connectivity index (χ0v) is 19.1. The first-order valence-corrected chi connectivity index (χ1v) is 12.5. The summed E-state index contributed by atoms with van der Waals surface area (Å²) in [6.07, 6.45) is 0. The fourth-order valence-corrected chi connectivity index (χ4v) is 4.27. The van der Waals surface area contributed by atoms with Crippen molar-refractivity contribution < 1.29 is 51.5 Å². The van der Waals surface area contributed by atoms with E-state index in [1.165, 1.54) is 36.4 Å². The number of alkyl halides is 6. The molecule has 0 saturated heterocycles. The Morgan fingerprint density at radius 3 is 1.06 bits per heavy atom. The lowest BCUT2D eigenvalue weighted by Gasteiger charge is -2.18. The number of hydrogen-bond acceptors (Lipinski definition) is 6. The van der Waals surface area contributed by atoms with Crippen LogP contribution in [-0.4, -0.2) is 27.9 Å². The Morgan fingerprint density at radius 1 is 0.500 bits per heavy atom. The van der Waals surface area contributed by atoms with Gasteiger partial charge >= 0.3 is 31.3 Å². The highest BCUT2D eigenvalue weighted by atomic mass is 32.2. The molecule has 0 amide bonds. The monoisotopic (exact) mass is 550 g/mol. The zero-order valence-electron chi connectivity index (χ0n) is 17.5. The first-order valence-electron chi connectivity index (χ1n) is 9.66. The molecule has 0 aliphatic rings. The average Bonchev–Trinajstić information content (AvgIpc) is 2.76. The third-order valence-electron chi connectivity index (χ3n) is 4.95. The van der Waals surface area contributed by atoms with Crippen LogP contribution in [0.4, 0.5) is 26.3 Å². The third kappa shape index (κ3) is 4.78. The predicted octanol–water partition coefficient (Wildman–Crippen LogP) is 6.12. The Hall–Kier alpha value is -3.52. The van der Waals surface area contributed by atoms with Crippen LogP contribution in [0.3, 0.4) is 0 Å². The van der Waals surface area contributed by atoms with E-state index in [2.05, 4.69) is 8.37 Å². The first kappa shape index (κ1) is 25.6. The van der Waals surface area contributed by atoms with Gasteiger partial charge in [0, 0.05) is 11.1 Å². The summed E-state index contributed by atoms with van der Waals surface area (Å²) in [4.78, 5) is 0. The van der Waals surface area contributed by atoms with E-state index in [4.69, 9.17) is 0 Å². The lowest BCUT2D eigenvalue weighted by atomic mass is 9.97. The maximum Gasteiger partial charge on any atom is 0.534 e. The number of halogens is 6. The van der Waals surface area contributed by atoms with Crippen LogP contribution in [0.2, 0.25) is 0 Å². The molecule has 36 heavy (non-hydrogen) atoms. The quantitative estimate of drug-likeness (QED) is 0.169. The standard InChI is InChI=1S/C22H12F6O6S2/c23-21(24,25)35(29,30)33-19-11-15-7-3-1-5-13(15)9-17(19)18-10-14-6-2-4-8-16(14)12-20(18)34-36(31,32)22(26,27)28/h1-12H. The number of rotatable bonds is 5. The summed E-state index contributed by atoms with van der Waals surface area (Å²) in [5.74, 6) is -1.81. The van der Waals surface area contributed by atoms with Gasteiger partial charge in [-0.05, 0) is 45.8 Å². The molecular formula is C22H12F6O6S2. The Bertz CT molecular complexity index is 1570. The highest BCUT2D eigenvalue weighted by molar-refractivity contribution is 7.88. The molecule has 0 unspecified atom stereocenters. The van der Waals surface area contributed by atoms with Crippen molar-refractivity contribution in [2.45, 2.75) is 11.0 Å². The van der Waals surface area contributed by atoms with E-state index in [0.29, 0.717) is 10.8 Å². The van der Waals surface area contributed by atoms with Gasteiger partial charge in [-0.1, -0.05) is 48.5 Å². The van der Waals surface area contributed by atoms with Crippen molar-refractivity contribution in [2.24, 2.45) is 0 Å². The molecule has 0 atom stereocenters. The number of hydrogen-bond donors (Lipinski definition) is 0. The lowest BCUT2D eigenvalue weighted by Crippen LogP contribution is -2.28. The fraction of sp³-hybridized carbons (Fsp3) is 0.0909. The second-order valence-electron chi connectivity index (χ2n) is 7.36. The van der Waals surface area contributed by atoms with Crippen LogP contribution < -0.4 is 8.37 Å². The van der Waals surface area contributed by atoms with Gasteiger partial charge in [0.1, 0.15) is 0 Å². The molecule has 14 heteroatoms. The summed E-state index contributed by atoms with van der Waals surface area (Å²) in [6.45, 7) is 0. The smallest absolute Gasteiger partial charge is 0.375 e. The maximum absolute atomic E-state index is 13.1. The molecular weight excluding hydrogens is 538 g/mol. The normalized spacial score (nSPS) is 13.2. The van der Waals surface area contributed by atoms with Gasteiger partial charge in [-0.3, -0.25) is 0 Å². The molecule has 0 aliphatic heterocycles. The molecule has 4 aromatic carbocycles. The molecule has 0 heterocycles. The van der Waals surface area contributed by atoms with Gasteiger partial charge in [0.2, 0.25) is 0 Å². The van der Waals surface area contributed by atoms with Crippen LogP contribution in [0.25, 0.3) is 32.7 Å².